The molecule has 0 aliphatic carbocycles. The average Bonchev–Trinajstić information content (AvgIpc) is 2.93. The summed E-state index contributed by atoms with van der Waals surface area (Å²) in [5.74, 6) is 0.874. The van der Waals surface area contributed by atoms with Crippen molar-refractivity contribution in [3.8, 4) is 0 Å². The van der Waals surface area contributed by atoms with Crippen molar-refractivity contribution in [1.29, 1.82) is 0 Å². The van der Waals surface area contributed by atoms with Crippen LogP contribution in [-0.2, 0) is 18.6 Å². The van der Waals surface area contributed by atoms with Gasteiger partial charge in [-0.15, -0.1) is 22.7 Å². The normalized spacial score (nSPS) is 10.9. The van der Waals surface area contributed by atoms with E-state index >= 15 is 0 Å². The first-order valence-electron chi connectivity index (χ1n) is 6.01. The lowest BCUT2D eigenvalue weighted by Crippen LogP contribution is -1.84. The van der Waals surface area contributed by atoms with Crippen LogP contribution in [0.4, 0.5) is 0 Å². The molecule has 0 nitrogen and oxygen atoms in total. The van der Waals surface area contributed by atoms with Crippen molar-refractivity contribution < 1.29 is 0 Å². The molecule has 0 N–H and O–H groups in total. The molecule has 2 aromatic rings. The number of thiol groups is 1. The van der Waals surface area contributed by atoms with E-state index in [2.05, 4.69) is 43.8 Å². The SMILES string of the molecule is Cc1ccc(CCCCc2ccc(CS)s2)s1. The molecule has 3 heteroatoms. The standard InChI is InChI=1S/C14H18S3/c1-11-6-7-12(16-11)4-2-3-5-13-8-9-14(10-15)17-13/h6-9,15H,2-5,10H2,1H3. The van der Waals surface area contributed by atoms with Gasteiger partial charge in [0.1, 0.15) is 0 Å². The third-order valence-corrected chi connectivity index (χ3v) is 5.53. The van der Waals surface area contributed by atoms with E-state index in [0.717, 1.165) is 5.75 Å². The molecule has 0 aliphatic rings. The number of aryl methyl sites for hydroxylation is 3. The molecule has 92 valence electrons. The van der Waals surface area contributed by atoms with Crippen LogP contribution in [0.15, 0.2) is 24.3 Å². The van der Waals surface area contributed by atoms with Crippen molar-refractivity contribution in [2.45, 2.75) is 38.4 Å². The molecule has 0 aromatic carbocycles. The summed E-state index contributed by atoms with van der Waals surface area (Å²) in [4.78, 5) is 5.86. The largest absolute Gasteiger partial charge is 0.174 e. The van der Waals surface area contributed by atoms with Gasteiger partial charge in [0.25, 0.3) is 0 Å². The molecule has 2 aromatic heterocycles. The zero-order chi connectivity index (χ0) is 12.1. The van der Waals surface area contributed by atoms with E-state index in [9.17, 15) is 0 Å². The zero-order valence-electron chi connectivity index (χ0n) is 10.1. The molecule has 0 radical (unpaired) electrons. The fourth-order valence-electron chi connectivity index (χ4n) is 1.86. The number of rotatable bonds is 6. The van der Waals surface area contributed by atoms with Gasteiger partial charge in [-0.2, -0.15) is 12.6 Å². The summed E-state index contributed by atoms with van der Waals surface area (Å²) in [5, 5.41) is 0. The van der Waals surface area contributed by atoms with Crippen molar-refractivity contribution in [2.24, 2.45) is 0 Å². The van der Waals surface area contributed by atoms with Gasteiger partial charge in [-0.1, -0.05) is 0 Å². The van der Waals surface area contributed by atoms with Gasteiger partial charge in [-0.05, 0) is 56.9 Å². The Morgan fingerprint density at radius 1 is 0.882 bits per heavy atom. The topological polar surface area (TPSA) is 0 Å². The Labute approximate surface area is 117 Å². The van der Waals surface area contributed by atoms with Crippen LogP contribution in [0.3, 0.4) is 0 Å². The minimum absolute atomic E-state index is 0.874. The Kier molecular flexibility index (Phi) is 5.14. The van der Waals surface area contributed by atoms with E-state index in [1.165, 1.54) is 45.2 Å². The predicted octanol–water partition coefficient (Wildman–Crippen LogP) is 5.11. The second kappa shape index (κ2) is 6.62. The molecule has 17 heavy (non-hydrogen) atoms. The van der Waals surface area contributed by atoms with Gasteiger partial charge in [-0.3, -0.25) is 0 Å². The minimum atomic E-state index is 0.874. The second-order valence-electron chi connectivity index (χ2n) is 4.25. The highest BCUT2D eigenvalue weighted by Crippen LogP contribution is 2.21. The highest BCUT2D eigenvalue weighted by Gasteiger charge is 2.00. The second-order valence-corrected chi connectivity index (χ2v) is 7.19. The first-order valence-corrected chi connectivity index (χ1v) is 8.28. The van der Waals surface area contributed by atoms with E-state index in [1.807, 2.05) is 22.7 Å². The summed E-state index contributed by atoms with van der Waals surface area (Å²) in [5.41, 5.74) is 0. The van der Waals surface area contributed by atoms with E-state index in [-0.39, 0.29) is 0 Å². The molecule has 0 saturated heterocycles. The lowest BCUT2D eigenvalue weighted by Gasteiger charge is -1.98. The number of hydrogen-bond donors (Lipinski definition) is 1. The summed E-state index contributed by atoms with van der Waals surface area (Å²) in [6.07, 6.45) is 5.06. The van der Waals surface area contributed by atoms with Crippen molar-refractivity contribution in [2.75, 3.05) is 0 Å². The van der Waals surface area contributed by atoms with Gasteiger partial charge in [0, 0.05) is 25.3 Å². The molecule has 0 saturated carbocycles. The van der Waals surface area contributed by atoms with Gasteiger partial charge < -0.3 is 0 Å². The molecule has 0 bridgehead atoms. The minimum Gasteiger partial charge on any atom is -0.174 e. The first-order chi connectivity index (χ1) is 8.28. The van der Waals surface area contributed by atoms with Gasteiger partial charge in [-0.25, -0.2) is 0 Å². The molecule has 0 aliphatic heterocycles. The number of hydrogen-bond acceptors (Lipinski definition) is 3. The Hall–Kier alpha value is -0.250. The fourth-order valence-corrected chi connectivity index (χ4v) is 4.01. The maximum Gasteiger partial charge on any atom is 0.0248 e. The van der Waals surface area contributed by atoms with E-state index in [0.29, 0.717) is 0 Å². The molecular weight excluding hydrogens is 264 g/mol. The van der Waals surface area contributed by atoms with Gasteiger partial charge in [0.2, 0.25) is 0 Å². The summed E-state index contributed by atoms with van der Waals surface area (Å²) in [7, 11) is 0. The third kappa shape index (κ3) is 4.16. The third-order valence-electron chi connectivity index (χ3n) is 2.77. The summed E-state index contributed by atoms with van der Waals surface area (Å²) in [6, 6.07) is 8.95. The molecule has 0 fully saturated rings. The highest BCUT2D eigenvalue weighted by molar-refractivity contribution is 7.79. The monoisotopic (exact) mass is 282 g/mol. The van der Waals surface area contributed by atoms with Crippen molar-refractivity contribution in [3.63, 3.8) is 0 Å². The highest BCUT2D eigenvalue weighted by atomic mass is 32.1. The summed E-state index contributed by atoms with van der Waals surface area (Å²) in [6.45, 7) is 2.18. The van der Waals surface area contributed by atoms with Crippen molar-refractivity contribution >= 4 is 35.3 Å². The van der Waals surface area contributed by atoms with Crippen LogP contribution in [0.2, 0.25) is 0 Å². The summed E-state index contributed by atoms with van der Waals surface area (Å²) >= 11 is 8.14. The molecule has 2 rings (SSSR count). The lowest BCUT2D eigenvalue weighted by molar-refractivity contribution is 0.746. The van der Waals surface area contributed by atoms with E-state index in [4.69, 9.17) is 0 Å². The van der Waals surface area contributed by atoms with Crippen molar-refractivity contribution in [1.82, 2.24) is 0 Å². The number of thiophene rings is 2. The predicted molar refractivity (Wildman–Crippen MR) is 82.7 cm³/mol. The Balaban J connectivity index is 1.69. The van der Waals surface area contributed by atoms with E-state index < -0.39 is 0 Å². The van der Waals surface area contributed by atoms with Gasteiger partial charge >= 0.3 is 0 Å². The van der Waals surface area contributed by atoms with Gasteiger partial charge in [0.15, 0.2) is 0 Å². The quantitative estimate of drug-likeness (QED) is 0.552. The lowest BCUT2D eigenvalue weighted by atomic mass is 10.1. The van der Waals surface area contributed by atoms with Crippen LogP contribution in [-0.4, -0.2) is 0 Å². The van der Waals surface area contributed by atoms with Crippen LogP contribution < -0.4 is 0 Å². The molecular formula is C14H18S3. The summed E-state index contributed by atoms with van der Waals surface area (Å²) < 4.78 is 0. The maximum atomic E-state index is 4.29. The van der Waals surface area contributed by atoms with Crippen molar-refractivity contribution in [3.05, 3.63) is 43.8 Å². The van der Waals surface area contributed by atoms with Crippen LogP contribution in [0.5, 0.6) is 0 Å². The molecule has 0 unspecified atom stereocenters. The Bertz CT molecular complexity index is 453. The molecule has 0 amide bonds. The van der Waals surface area contributed by atoms with Crippen LogP contribution in [0.1, 0.15) is 32.4 Å². The van der Waals surface area contributed by atoms with Crippen LogP contribution >= 0.6 is 35.3 Å². The van der Waals surface area contributed by atoms with Gasteiger partial charge in [0.05, 0.1) is 0 Å². The smallest absolute Gasteiger partial charge is 0.0248 e. The van der Waals surface area contributed by atoms with Crippen LogP contribution in [0.25, 0.3) is 0 Å². The fraction of sp³-hybridized carbons (Fsp3) is 0.429. The number of unbranched alkanes of at least 4 members (excludes halogenated alkanes) is 1. The Morgan fingerprint density at radius 3 is 2.00 bits per heavy atom. The Morgan fingerprint density at radius 2 is 1.47 bits per heavy atom. The molecule has 0 spiro atoms. The maximum absolute atomic E-state index is 4.29. The zero-order valence-corrected chi connectivity index (χ0v) is 12.6. The molecule has 2 heterocycles. The molecule has 0 atom stereocenters. The first kappa shape index (κ1) is 13.2. The average molecular weight is 282 g/mol. The van der Waals surface area contributed by atoms with Crippen LogP contribution in [0, 0.1) is 6.92 Å². The van der Waals surface area contributed by atoms with E-state index in [1.54, 1.807) is 0 Å².